The normalized spacial score (nSPS) is 10.5. The van der Waals surface area contributed by atoms with Crippen molar-refractivity contribution in [1.29, 1.82) is 0 Å². The smallest absolute Gasteiger partial charge is 0.284 e. The quantitative estimate of drug-likeness (QED) is 0.584. The minimum Gasteiger partial charge on any atom is -0.339 e. The third kappa shape index (κ3) is 3.93. The highest BCUT2D eigenvalue weighted by atomic mass is 35.5. The van der Waals surface area contributed by atoms with Crippen molar-refractivity contribution in [3.8, 4) is 5.69 Å². The number of hydrogen-bond donors (Lipinski definition) is 3. The van der Waals surface area contributed by atoms with Crippen molar-refractivity contribution in [2.24, 2.45) is 0 Å². The summed E-state index contributed by atoms with van der Waals surface area (Å²) in [5.41, 5.74) is 1.08. The summed E-state index contributed by atoms with van der Waals surface area (Å²) < 4.78 is 1.28. The molecular formula is C19H17ClN4O3. The molecule has 0 aliphatic carbocycles. The van der Waals surface area contributed by atoms with Crippen LogP contribution in [0.25, 0.3) is 5.69 Å². The van der Waals surface area contributed by atoms with Gasteiger partial charge in [0.15, 0.2) is 5.78 Å². The van der Waals surface area contributed by atoms with Crippen molar-refractivity contribution in [2.45, 2.75) is 13.8 Å². The summed E-state index contributed by atoms with van der Waals surface area (Å²) in [6.07, 6.45) is 0. The van der Waals surface area contributed by atoms with Crippen LogP contribution in [0.5, 0.6) is 0 Å². The molecule has 0 radical (unpaired) electrons. The first-order valence-corrected chi connectivity index (χ1v) is 8.50. The molecule has 0 bridgehead atoms. The lowest BCUT2D eigenvalue weighted by Gasteiger charge is -2.10. The summed E-state index contributed by atoms with van der Waals surface area (Å²) in [5.74, 6) is -0.392. The predicted octanol–water partition coefficient (Wildman–Crippen LogP) is 3.72. The number of H-pyrrole nitrogens is 1. The Kier molecular flexibility index (Phi) is 5.14. The van der Waals surface area contributed by atoms with Gasteiger partial charge in [0.1, 0.15) is 11.4 Å². The highest BCUT2D eigenvalue weighted by Gasteiger charge is 2.20. The SMILES string of the molecule is CC(=O)Nc1ccc(Cl)c(Nc2[nH]n(-c3ccccc3)c(=O)c2C(C)=O)c1. The first kappa shape index (κ1) is 18.5. The van der Waals surface area contributed by atoms with Gasteiger partial charge in [-0.05, 0) is 37.3 Å². The minimum absolute atomic E-state index is 0.0140. The summed E-state index contributed by atoms with van der Waals surface area (Å²) in [6, 6.07) is 13.8. The molecule has 0 saturated heterocycles. The topological polar surface area (TPSA) is 96.0 Å². The number of amides is 1. The maximum atomic E-state index is 12.7. The zero-order valence-corrected chi connectivity index (χ0v) is 15.4. The lowest BCUT2D eigenvalue weighted by molar-refractivity contribution is -0.114. The Morgan fingerprint density at radius 2 is 1.78 bits per heavy atom. The number of nitrogens with zero attached hydrogens (tertiary/aromatic N) is 1. The number of carbonyl (C=O) groups excluding carboxylic acids is 2. The first-order valence-electron chi connectivity index (χ1n) is 8.12. The van der Waals surface area contributed by atoms with Crippen LogP contribution in [-0.2, 0) is 4.79 Å². The van der Waals surface area contributed by atoms with Crippen LogP contribution >= 0.6 is 11.6 Å². The molecule has 0 aliphatic heterocycles. The van der Waals surface area contributed by atoms with E-state index in [4.69, 9.17) is 11.6 Å². The van der Waals surface area contributed by atoms with Gasteiger partial charge in [-0.25, -0.2) is 4.68 Å². The van der Waals surface area contributed by atoms with Gasteiger partial charge in [0.2, 0.25) is 5.91 Å². The van der Waals surface area contributed by atoms with Crippen molar-refractivity contribution in [3.63, 3.8) is 0 Å². The predicted molar refractivity (Wildman–Crippen MR) is 105 cm³/mol. The van der Waals surface area contributed by atoms with Gasteiger partial charge in [-0.1, -0.05) is 29.8 Å². The summed E-state index contributed by atoms with van der Waals surface area (Å²) in [4.78, 5) is 36.0. The fraction of sp³-hybridized carbons (Fsp3) is 0.105. The standard InChI is InChI=1S/C19H17ClN4O3/c1-11(25)17-18(23-24(19(17)27)14-6-4-3-5-7-14)22-16-10-13(21-12(2)26)8-9-15(16)20/h3-10,22-23H,1-2H3,(H,21,26). The van der Waals surface area contributed by atoms with Crippen molar-refractivity contribution in [3.05, 3.63) is 69.5 Å². The Morgan fingerprint density at radius 3 is 2.41 bits per heavy atom. The third-order valence-corrected chi connectivity index (χ3v) is 4.13. The van der Waals surface area contributed by atoms with E-state index >= 15 is 0 Å². The number of carbonyl (C=O) groups is 2. The molecule has 0 spiro atoms. The molecule has 1 aromatic heterocycles. The molecular weight excluding hydrogens is 368 g/mol. The van der Waals surface area contributed by atoms with E-state index in [2.05, 4.69) is 15.7 Å². The van der Waals surface area contributed by atoms with E-state index in [1.165, 1.54) is 18.5 Å². The van der Waals surface area contributed by atoms with Gasteiger partial charge in [-0.15, -0.1) is 0 Å². The number of aromatic amines is 1. The molecule has 0 atom stereocenters. The van der Waals surface area contributed by atoms with E-state index < -0.39 is 5.56 Å². The number of halogens is 1. The average molecular weight is 385 g/mol. The highest BCUT2D eigenvalue weighted by Crippen LogP contribution is 2.29. The van der Waals surface area contributed by atoms with Gasteiger partial charge in [0, 0.05) is 12.6 Å². The molecule has 0 fully saturated rings. The summed E-state index contributed by atoms with van der Waals surface area (Å²) >= 11 is 6.22. The molecule has 3 rings (SSSR count). The molecule has 2 aromatic carbocycles. The van der Waals surface area contributed by atoms with Gasteiger partial charge in [0.05, 0.1) is 16.4 Å². The molecule has 3 N–H and O–H groups in total. The molecule has 0 saturated carbocycles. The van der Waals surface area contributed by atoms with E-state index in [0.717, 1.165) is 0 Å². The van der Waals surface area contributed by atoms with E-state index in [1.54, 1.807) is 42.5 Å². The number of Topliss-reactive ketones (excluding diaryl/α,β-unsaturated/α-hetero) is 1. The van der Waals surface area contributed by atoms with E-state index in [0.29, 0.717) is 22.1 Å². The van der Waals surface area contributed by atoms with Crippen LogP contribution in [-0.4, -0.2) is 21.5 Å². The molecule has 0 aliphatic rings. The molecule has 27 heavy (non-hydrogen) atoms. The van der Waals surface area contributed by atoms with Gasteiger partial charge < -0.3 is 10.6 Å². The van der Waals surface area contributed by atoms with Gasteiger partial charge >= 0.3 is 0 Å². The molecule has 3 aromatic rings. The van der Waals surface area contributed by atoms with Crippen LogP contribution in [0.15, 0.2) is 53.3 Å². The fourth-order valence-electron chi connectivity index (χ4n) is 2.65. The number of hydrogen-bond acceptors (Lipinski definition) is 4. The van der Waals surface area contributed by atoms with Crippen LogP contribution < -0.4 is 16.2 Å². The molecule has 1 heterocycles. The van der Waals surface area contributed by atoms with E-state index in [-0.39, 0.29) is 23.1 Å². The molecule has 138 valence electrons. The lowest BCUT2D eigenvalue weighted by Crippen LogP contribution is -2.19. The van der Waals surface area contributed by atoms with Crippen molar-refractivity contribution >= 4 is 40.5 Å². The van der Waals surface area contributed by atoms with Crippen molar-refractivity contribution in [1.82, 2.24) is 9.78 Å². The molecule has 8 heteroatoms. The Balaban J connectivity index is 2.06. The van der Waals surface area contributed by atoms with Crippen molar-refractivity contribution < 1.29 is 9.59 Å². The summed E-state index contributed by atoms with van der Waals surface area (Å²) in [5, 5.41) is 8.92. The summed E-state index contributed by atoms with van der Waals surface area (Å²) in [6.45, 7) is 2.72. The number of para-hydroxylation sites is 1. The number of aromatic nitrogens is 2. The highest BCUT2D eigenvalue weighted by molar-refractivity contribution is 6.33. The fourth-order valence-corrected chi connectivity index (χ4v) is 2.81. The second-order valence-electron chi connectivity index (χ2n) is 5.89. The largest absolute Gasteiger partial charge is 0.339 e. The summed E-state index contributed by atoms with van der Waals surface area (Å²) in [7, 11) is 0. The second-order valence-corrected chi connectivity index (χ2v) is 6.30. The zero-order valence-electron chi connectivity index (χ0n) is 14.7. The lowest BCUT2D eigenvalue weighted by atomic mass is 10.2. The van der Waals surface area contributed by atoms with E-state index in [9.17, 15) is 14.4 Å². The maximum Gasteiger partial charge on any atom is 0.284 e. The van der Waals surface area contributed by atoms with Gasteiger partial charge in [-0.3, -0.25) is 19.5 Å². The first-order chi connectivity index (χ1) is 12.9. The zero-order chi connectivity index (χ0) is 19.6. The molecule has 0 unspecified atom stereocenters. The number of nitrogens with one attached hydrogen (secondary N) is 3. The van der Waals surface area contributed by atoms with Crippen LogP contribution in [0.3, 0.4) is 0 Å². The number of rotatable bonds is 5. The minimum atomic E-state index is -0.467. The Morgan fingerprint density at radius 1 is 1.07 bits per heavy atom. The third-order valence-electron chi connectivity index (χ3n) is 3.80. The Hall–Kier alpha value is -3.32. The monoisotopic (exact) mass is 384 g/mol. The van der Waals surface area contributed by atoms with Gasteiger partial charge in [0.25, 0.3) is 5.56 Å². The van der Waals surface area contributed by atoms with Crippen LogP contribution in [0.2, 0.25) is 5.02 Å². The van der Waals surface area contributed by atoms with Crippen LogP contribution in [0.1, 0.15) is 24.2 Å². The second kappa shape index (κ2) is 7.51. The Labute approximate surface area is 160 Å². The number of benzene rings is 2. The van der Waals surface area contributed by atoms with Crippen molar-refractivity contribution in [2.75, 3.05) is 10.6 Å². The van der Waals surface area contributed by atoms with Crippen LogP contribution in [0.4, 0.5) is 17.2 Å². The number of anilines is 3. The van der Waals surface area contributed by atoms with Crippen LogP contribution in [0, 0.1) is 0 Å². The number of ketones is 1. The molecule has 7 nitrogen and oxygen atoms in total. The van der Waals surface area contributed by atoms with Gasteiger partial charge in [-0.2, -0.15) is 0 Å². The average Bonchev–Trinajstić information content (AvgIpc) is 2.94. The molecule has 1 amide bonds. The Bertz CT molecular complexity index is 1070. The maximum absolute atomic E-state index is 12.7. The van der Waals surface area contributed by atoms with E-state index in [1.807, 2.05) is 6.07 Å².